The van der Waals surface area contributed by atoms with Gasteiger partial charge in [-0.2, -0.15) is 0 Å². The maximum Gasteiger partial charge on any atom is 0.252 e. The third-order valence-electron chi connectivity index (χ3n) is 3.41. The first-order valence-electron chi connectivity index (χ1n) is 7.83. The summed E-state index contributed by atoms with van der Waals surface area (Å²) >= 11 is 0. The van der Waals surface area contributed by atoms with Crippen LogP contribution < -0.4 is 10.1 Å². The molecule has 0 heterocycles. The van der Waals surface area contributed by atoms with E-state index in [1.165, 1.54) is 0 Å². The fourth-order valence-corrected chi connectivity index (χ4v) is 2.13. The molecule has 3 heteroatoms. The Morgan fingerprint density at radius 2 is 1.92 bits per heavy atom. The van der Waals surface area contributed by atoms with Crippen molar-refractivity contribution in [2.45, 2.75) is 13.3 Å². The van der Waals surface area contributed by atoms with Gasteiger partial charge in [0.1, 0.15) is 12.4 Å². The standard InChI is InChI=1S/C21H21NO2/c1-3-8-18-9-4-5-10-20(18)24-16-7-6-15-22-21(23)19-13-11-17(2)12-14-19/h3-5,9-14H,1,8,15-16H2,2H3,(H,22,23). The highest BCUT2D eigenvalue weighted by molar-refractivity contribution is 5.94. The molecule has 122 valence electrons. The first-order chi connectivity index (χ1) is 11.7. The van der Waals surface area contributed by atoms with Crippen LogP contribution in [-0.2, 0) is 6.42 Å². The summed E-state index contributed by atoms with van der Waals surface area (Å²) in [5, 5.41) is 2.77. The van der Waals surface area contributed by atoms with Crippen LogP contribution >= 0.6 is 0 Å². The van der Waals surface area contributed by atoms with E-state index in [-0.39, 0.29) is 12.5 Å². The summed E-state index contributed by atoms with van der Waals surface area (Å²) in [6.45, 7) is 6.31. The lowest BCUT2D eigenvalue weighted by Gasteiger charge is -2.07. The molecular formula is C21H21NO2. The number of hydrogen-bond donors (Lipinski definition) is 1. The van der Waals surface area contributed by atoms with Gasteiger partial charge in [0.2, 0.25) is 0 Å². The number of ether oxygens (including phenoxy) is 1. The molecule has 0 aliphatic heterocycles. The Kier molecular flexibility index (Phi) is 6.67. The van der Waals surface area contributed by atoms with E-state index in [1.54, 1.807) is 12.1 Å². The number of amides is 1. The van der Waals surface area contributed by atoms with Crippen LogP contribution in [0.4, 0.5) is 0 Å². The van der Waals surface area contributed by atoms with Crippen LogP contribution in [-0.4, -0.2) is 19.1 Å². The van der Waals surface area contributed by atoms with Crippen molar-refractivity contribution < 1.29 is 9.53 Å². The smallest absolute Gasteiger partial charge is 0.252 e. The highest BCUT2D eigenvalue weighted by Crippen LogP contribution is 2.18. The van der Waals surface area contributed by atoms with E-state index >= 15 is 0 Å². The lowest BCUT2D eigenvalue weighted by Crippen LogP contribution is -2.23. The van der Waals surface area contributed by atoms with Gasteiger partial charge in [-0.1, -0.05) is 53.8 Å². The SMILES string of the molecule is C=CCc1ccccc1OCC#CCNC(=O)c1ccc(C)cc1. The van der Waals surface area contributed by atoms with E-state index in [9.17, 15) is 4.79 Å². The van der Waals surface area contributed by atoms with Crippen molar-refractivity contribution in [3.05, 3.63) is 77.9 Å². The van der Waals surface area contributed by atoms with Crippen molar-refractivity contribution in [1.82, 2.24) is 5.32 Å². The number of benzene rings is 2. The Bertz CT molecular complexity index is 751. The van der Waals surface area contributed by atoms with Crippen molar-refractivity contribution in [3.8, 4) is 17.6 Å². The van der Waals surface area contributed by atoms with E-state index in [1.807, 2.05) is 49.4 Å². The van der Waals surface area contributed by atoms with Crippen LogP contribution in [0, 0.1) is 18.8 Å². The lowest BCUT2D eigenvalue weighted by atomic mass is 10.1. The Labute approximate surface area is 143 Å². The van der Waals surface area contributed by atoms with Gasteiger partial charge in [-0.05, 0) is 37.1 Å². The second kappa shape index (κ2) is 9.22. The number of rotatable bonds is 6. The minimum Gasteiger partial charge on any atom is -0.481 e. The first-order valence-corrected chi connectivity index (χ1v) is 7.83. The Morgan fingerprint density at radius 1 is 1.17 bits per heavy atom. The summed E-state index contributed by atoms with van der Waals surface area (Å²) in [5.74, 6) is 6.49. The van der Waals surface area contributed by atoms with Crippen LogP contribution in [0.1, 0.15) is 21.5 Å². The van der Waals surface area contributed by atoms with E-state index in [0.29, 0.717) is 12.1 Å². The molecule has 1 N–H and O–H groups in total. The van der Waals surface area contributed by atoms with E-state index in [2.05, 4.69) is 23.7 Å². The summed E-state index contributed by atoms with van der Waals surface area (Å²) in [6, 6.07) is 15.3. The highest BCUT2D eigenvalue weighted by atomic mass is 16.5. The molecule has 3 nitrogen and oxygen atoms in total. The molecule has 0 atom stereocenters. The lowest BCUT2D eigenvalue weighted by molar-refractivity contribution is 0.0958. The maximum absolute atomic E-state index is 11.9. The summed E-state index contributed by atoms with van der Waals surface area (Å²) in [6.07, 6.45) is 2.60. The van der Waals surface area contributed by atoms with Crippen LogP contribution in [0.3, 0.4) is 0 Å². The van der Waals surface area contributed by atoms with Crippen molar-refractivity contribution in [2.24, 2.45) is 0 Å². The Morgan fingerprint density at radius 3 is 2.67 bits per heavy atom. The molecule has 0 aliphatic carbocycles. The van der Waals surface area contributed by atoms with Crippen LogP contribution in [0.2, 0.25) is 0 Å². The molecule has 1 amide bonds. The molecule has 0 saturated carbocycles. The van der Waals surface area contributed by atoms with Gasteiger partial charge in [0, 0.05) is 5.56 Å². The van der Waals surface area contributed by atoms with E-state index in [4.69, 9.17) is 4.74 Å². The summed E-state index contributed by atoms with van der Waals surface area (Å²) in [7, 11) is 0. The van der Waals surface area contributed by atoms with Gasteiger partial charge in [-0.25, -0.2) is 0 Å². The zero-order valence-corrected chi connectivity index (χ0v) is 13.8. The molecule has 0 saturated heterocycles. The normalized spacial score (nSPS) is 9.54. The summed E-state index contributed by atoms with van der Waals surface area (Å²) in [4.78, 5) is 11.9. The molecule has 2 aromatic rings. The predicted octanol–water partition coefficient (Wildman–Crippen LogP) is 3.54. The average molecular weight is 319 g/mol. The van der Waals surface area contributed by atoms with Gasteiger partial charge in [-0.15, -0.1) is 6.58 Å². The van der Waals surface area contributed by atoms with Crippen LogP contribution in [0.5, 0.6) is 5.75 Å². The largest absolute Gasteiger partial charge is 0.481 e. The number of allylic oxidation sites excluding steroid dienone is 1. The molecule has 2 aromatic carbocycles. The van der Waals surface area contributed by atoms with Crippen LogP contribution in [0.15, 0.2) is 61.2 Å². The minimum atomic E-state index is -0.124. The van der Waals surface area contributed by atoms with Crippen LogP contribution in [0.25, 0.3) is 0 Å². The van der Waals surface area contributed by atoms with Gasteiger partial charge < -0.3 is 10.1 Å². The molecule has 0 unspecified atom stereocenters. The number of hydrogen-bond acceptors (Lipinski definition) is 2. The Hall–Kier alpha value is -2.99. The van der Waals surface area contributed by atoms with Crippen molar-refractivity contribution in [1.29, 1.82) is 0 Å². The second-order valence-corrected chi connectivity index (χ2v) is 5.29. The zero-order chi connectivity index (χ0) is 17.2. The fourth-order valence-electron chi connectivity index (χ4n) is 2.13. The summed E-state index contributed by atoms with van der Waals surface area (Å²) in [5.41, 5.74) is 2.85. The number of nitrogens with one attached hydrogen (secondary N) is 1. The number of carbonyl (C=O) groups excluding carboxylic acids is 1. The molecule has 2 rings (SSSR count). The zero-order valence-electron chi connectivity index (χ0n) is 13.8. The number of aryl methyl sites for hydroxylation is 1. The fraction of sp³-hybridized carbons (Fsp3) is 0.190. The van der Waals surface area contributed by atoms with Gasteiger partial charge in [0.25, 0.3) is 5.91 Å². The van der Waals surface area contributed by atoms with E-state index < -0.39 is 0 Å². The highest BCUT2D eigenvalue weighted by Gasteiger charge is 2.02. The van der Waals surface area contributed by atoms with Crippen molar-refractivity contribution in [3.63, 3.8) is 0 Å². The third-order valence-corrected chi connectivity index (χ3v) is 3.41. The Balaban J connectivity index is 1.77. The predicted molar refractivity (Wildman–Crippen MR) is 97.1 cm³/mol. The van der Waals surface area contributed by atoms with Crippen molar-refractivity contribution >= 4 is 5.91 Å². The van der Waals surface area contributed by atoms with Gasteiger partial charge in [0.15, 0.2) is 0 Å². The maximum atomic E-state index is 11.9. The monoisotopic (exact) mass is 319 g/mol. The molecule has 0 fully saturated rings. The van der Waals surface area contributed by atoms with Gasteiger partial charge in [0.05, 0.1) is 6.54 Å². The average Bonchev–Trinajstić information content (AvgIpc) is 2.60. The summed E-state index contributed by atoms with van der Waals surface area (Å²) < 4.78 is 5.66. The molecule has 0 spiro atoms. The molecule has 0 aliphatic rings. The minimum absolute atomic E-state index is 0.124. The van der Waals surface area contributed by atoms with Gasteiger partial charge >= 0.3 is 0 Å². The molecule has 24 heavy (non-hydrogen) atoms. The number of para-hydroxylation sites is 1. The molecule has 0 aromatic heterocycles. The topological polar surface area (TPSA) is 38.3 Å². The van der Waals surface area contributed by atoms with E-state index in [0.717, 1.165) is 23.3 Å². The molecule has 0 bridgehead atoms. The van der Waals surface area contributed by atoms with Gasteiger partial charge in [-0.3, -0.25) is 4.79 Å². The second-order valence-electron chi connectivity index (χ2n) is 5.29. The van der Waals surface area contributed by atoms with Crippen molar-refractivity contribution in [2.75, 3.05) is 13.2 Å². The quantitative estimate of drug-likeness (QED) is 0.653. The molecule has 0 radical (unpaired) electrons. The first kappa shape index (κ1) is 17.4. The number of carbonyl (C=O) groups is 1. The molecular weight excluding hydrogens is 298 g/mol. The third kappa shape index (κ3) is 5.33.